The number of phenols is 1. The minimum Gasteiger partial charge on any atom is -0.508 e. The van der Waals surface area contributed by atoms with Gasteiger partial charge < -0.3 is 19.6 Å². The van der Waals surface area contributed by atoms with Crippen LogP contribution in [0.1, 0.15) is 83.0 Å². The first-order valence-electron chi connectivity index (χ1n) is 21.5. The smallest absolute Gasteiger partial charge is 0.162 e. The standard InChI is InChI=1S/C34H40N6OS.C10H12O.C6H6/c1-22-24(3)42-34-31(22)32(35-23(2)33-37-36-25(4)40(33)34)28-10-12-29(13-11-28)39-16-14-26(15-17-39)18-38-19-27(20-38)21-41-30-8-6-5-7-9-30;11-10-6-5-8-3-1-2-4-9(8)7-10;1-2-4-6-5-3-1/h5-13,23,26-27H,14-21H2,1-4H3;5-7,11H,1-4H2;1-6H/t23-;;/m0../s1. The van der Waals surface area contributed by atoms with Gasteiger partial charge in [0.15, 0.2) is 5.82 Å². The van der Waals surface area contributed by atoms with Crippen molar-refractivity contribution in [2.24, 2.45) is 16.8 Å². The highest BCUT2D eigenvalue weighted by molar-refractivity contribution is 7.15. The number of fused-ring (bicyclic) bond motifs is 4. The molecule has 2 aromatic heterocycles. The number of aromatic hydroxyl groups is 1. The highest BCUT2D eigenvalue weighted by Crippen LogP contribution is 2.39. The molecule has 4 aliphatic rings. The molecule has 0 saturated carbocycles. The molecule has 1 N–H and O–H groups in total. The van der Waals surface area contributed by atoms with Crippen molar-refractivity contribution in [2.45, 2.75) is 72.3 Å². The first-order valence-corrected chi connectivity index (χ1v) is 22.3. The summed E-state index contributed by atoms with van der Waals surface area (Å²) in [6.07, 6.45) is 7.42. The first-order chi connectivity index (χ1) is 28.8. The number of anilines is 1. The topological polar surface area (TPSA) is 79.0 Å². The molecule has 0 radical (unpaired) electrons. The van der Waals surface area contributed by atoms with Gasteiger partial charge in [0.05, 0.1) is 12.3 Å². The molecular weight excluding hydrogens is 749 g/mol. The normalized spacial score (nSPS) is 17.7. The van der Waals surface area contributed by atoms with Gasteiger partial charge in [0.1, 0.15) is 28.4 Å². The monoisotopic (exact) mass is 806 g/mol. The van der Waals surface area contributed by atoms with Gasteiger partial charge in [-0.3, -0.25) is 9.56 Å². The highest BCUT2D eigenvalue weighted by Gasteiger charge is 2.32. The summed E-state index contributed by atoms with van der Waals surface area (Å²) in [5.74, 6) is 4.66. The lowest BCUT2D eigenvalue weighted by Gasteiger charge is -2.43. The number of thiophene rings is 1. The Balaban J connectivity index is 0.000000234. The average Bonchev–Trinajstić information content (AvgIpc) is 3.75. The number of para-hydroxylation sites is 1. The van der Waals surface area contributed by atoms with Crippen molar-refractivity contribution in [1.82, 2.24) is 19.7 Å². The summed E-state index contributed by atoms with van der Waals surface area (Å²) in [5.41, 5.74) is 8.84. The van der Waals surface area contributed by atoms with Crippen LogP contribution in [0.3, 0.4) is 0 Å². The lowest BCUT2D eigenvalue weighted by molar-refractivity contribution is 0.0454. The molecule has 1 aliphatic carbocycles. The zero-order valence-electron chi connectivity index (χ0n) is 35.1. The van der Waals surface area contributed by atoms with E-state index in [9.17, 15) is 5.11 Å². The van der Waals surface area contributed by atoms with Crippen molar-refractivity contribution in [2.75, 3.05) is 44.2 Å². The van der Waals surface area contributed by atoms with E-state index in [1.165, 1.54) is 95.1 Å². The van der Waals surface area contributed by atoms with E-state index in [2.05, 4.69) is 69.6 Å². The molecule has 6 aromatic rings. The van der Waals surface area contributed by atoms with Crippen molar-refractivity contribution in [3.63, 3.8) is 0 Å². The molecule has 5 heterocycles. The van der Waals surface area contributed by atoms with Crippen LogP contribution in [0.15, 0.2) is 114 Å². The molecule has 59 heavy (non-hydrogen) atoms. The number of nitrogens with zero attached hydrogens (tertiary/aromatic N) is 6. The van der Waals surface area contributed by atoms with Crippen LogP contribution in [0.25, 0.3) is 5.00 Å². The fraction of sp³-hybridized carbons (Fsp3) is 0.380. The largest absolute Gasteiger partial charge is 0.508 e. The molecule has 0 spiro atoms. The molecular formula is C50H58N6O2S. The van der Waals surface area contributed by atoms with Gasteiger partial charge in [-0.15, -0.1) is 21.5 Å². The second kappa shape index (κ2) is 18.8. The summed E-state index contributed by atoms with van der Waals surface area (Å²) in [6.45, 7) is 15.2. The molecule has 9 heteroatoms. The Morgan fingerprint density at radius 1 is 0.763 bits per heavy atom. The van der Waals surface area contributed by atoms with Crippen LogP contribution in [0, 0.1) is 32.6 Å². The Morgan fingerprint density at radius 3 is 2.12 bits per heavy atom. The summed E-state index contributed by atoms with van der Waals surface area (Å²) >= 11 is 1.81. The zero-order valence-corrected chi connectivity index (χ0v) is 35.9. The van der Waals surface area contributed by atoms with Gasteiger partial charge >= 0.3 is 0 Å². The van der Waals surface area contributed by atoms with Gasteiger partial charge in [-0.1, -0.05) is 72.8 Å². The van der Waals surface area contributed by atoms with Crippen LogP contribution in [-0.4, -0.2) is 69.8 Å². The van der Waals surface area contributed by atoms with Crippen molar-refractivity contribution in [3.8, 4) is 16.5 Å². The molecule has 306 valence electrons. The summed E-state index contributed by atoms with van der Waals surface area (Å²) in [6, 6.07) is 37.0. The third kappa shape index (κ3) is 9.63. The van der Waals surface area contributed by atoms with E-state index >= 15 is 0 Å². The van der Waals surface area contributed by atoms with E-state index < -0.39 is 0 Å². The second-order valence-corrected chi connectivity index (χ2v) is 17.8. The second-order valence-electron chi connectivity index (χ2n) is 16.6. The molecule has 10 rings (SSSR count). The van der Waals surface area contributed by atoms with Crippen molar-refractivity contribution < 1.29 is 9.84 Å². The van der Waals surface area contributed by atoms with Crippen molar-refractivity contribution in [1.29, 1.82) is 0 Å². The molecule has 8 nitrogen and oxygen atoms in total. The lowest BCUT2D eigenvalue weighted by atomic mass is 9.92. The van der Waals surface area contributed by atoms with E-state index in [4.69, 9.17) is 9.73 Å². The van der Waals surface area contributed by atoms with Gasteiger partial charge in [0.25, 0.3) is 0 Å². The Labute approximate surface area is 354 Å². The molecule has 0 amide bonds. The van der Waals surface area contributed by atoms with Gasteiger partial charge in [-0.05, 0) is 125 Å². The Bertz CT molecular complexity index is 2280. The Morgan fingerprint density at radius 2 is 1.42 bits per heavy atom. The average molecular weight is 807 g/mol. The molecule has 4 aromatic carbocycles. The van der Waals surface area contributed by atoms with Gasteiger partial charge in [0.2, 0.25) is 0 Å². The maximum absolute atomic E-state index is 9.19. The van der Waals surface area contributed by atoms with E-state index in [1.54, 1.807) is 6.07 Å². The van der Waals surface area contributed by atoms with Crippen LogP contribution in [0.5, 0.6) is 11.5 Å². The number of likely N-dealkylation sites (tertiary alicyclic amines) is 1. The molecule has 0 bridgehead atoms. The van der Waals surface area contributed by atoms with Crippen LogP contribution in [0.4, 0.5) is 5.69 Å². The van der Waals surface area contributed by atoms with E-state index in [0.717, 1.165) is 55.1 Å². The minimum atomic E-state index is -0.0581. The number of hydrogen-bond donors (Lipinski definition) is 1. The predicted molar refractivity (Wildman–Crippen MR) is 242 cm³/mol. The van der Waals surface area contributed by atoms with E-state index in [-0.39, 0.29) is 6.04 Å². The number of piperidine rings is 1. The lowest BCUT2D eigenvalue weighted by Crippen LogP contribution is -2.51. The van der Waals surface area contributed by atoms with Crippen molar-refractivity contribution >= 4 is 22.7 Å². The fourth-order valence-electron chi connectivity index (χ4n) is 8.82. The summed E-state index contributed by atoms with van der Waals surface area (Å²) in [5, 5.41) is 19.2. The number of benzene rings is 4. The number of hydrogen-bond acceptors (Lipinski definition) is 8. The number of aromatic nitrogens is 3. The summed E-state index contributed by atoms with van der Waals surface area (Å²) < 4.78 is 8.17. The Hall–Kier alpha value is -5.25. The van der Waals surface area contributed by atoms with Gasteiger partial charge in [0, 0.05) is 60.3 Å². The maximum atomic E-state index is 9.19. The Kier molecular flexibility index (Phi) is 12.9. The van der Waals surface area contributed by atoms with Crippen LogP contribution < -0.4 is 9.64 Å². The van der Waals surface area contributed by atoms with Crippen LogP contribution in [-0.2, 0) is 12.8 Å². The third-order valence-corrected chi connectivity index (χ3v) is 13.4. The molecule has 1 atom stereocenters. The molecule has 0 unspecified atom stereocenters. The zero-order chi connectivity index (χ0) is 40.7. The quantitative estimate of drug-likeness (QED) is 0.173. The SMILES string of the molecule is Cc1sc2c(c1C)C(c1ccc(N3CCC(CN4CC(COc5ccccc5)C4)CC3)cc1)=N[C@@H](C)c1nnc(C)n1-2.Oc1ccc2c(c1)CCCC2.c1ccccc1. The first kappa shape index (κ1) is 40.5. The fourth-order valence-corrected chi connectivity index (χ4v) is 10.0. The predicted octanol–water partition coefficient (Wildman–Crippen LogP) is 10.4. The van der Waals surface area contributed by atoms with Gasteiger partial charge in [-0.25, -0.2) is 0 Å². The molecule has 2 saturated heterocycles. The third-order valence-electron chi connectivity index (χ3n) is 12.3. The van der Waals surface area contributed by atoms with Crippen LogP contribution >= 0.6 is 11.3 Å². The number of ether oxygens (including phenoxy) is 1. The van der Waals surface area contributed by atoms with Crippen molar-refractivity contribution in [3.05, 3.63) is 154 Å². The molecule has 2 fully saturated rings. The number of phenolic OH excluding ortho intramolecular Hbond substituents is 1. The number of aliphatic imine (C=N–C) groups is 1. The summed E-state index contributed by atoms with van der Waals surface area (Å²) in [7, 11) is 0. The summed E-state index contributed by atoms with van der Waals surface area (Å²) in [4.78, 5) is 11.7. The highest BCUT2D eigenvalue weighted by atomic mass is 32.1. The minimum absolute atomic E-state index is 0.0581. The van der Waals surface area contributed by atoms with E-state index in [0.29, 0.717) is 11.7 Å². The van der Waals surface area contributed by atoms with Crippen LogP contribution in [0.2, 0.25) is 0 Å². The number of aryl methyl sites for hydroxylation is 4. The maximum Gasteiger partial charge on any atom is 0.162 e. The molecule has 3 aliphatic heterocycles. The number of rotatable bonds is 7. The van der Waals surface area contributed by atoms with Gasteiger partial charge in [-0.2, -0.15) is 0 Å². The van der Waals surface area contributed by atoms with E-state index in [1.807, 2.05) is 97.1 Å².